The molecule has 0 spiro atoms. The number of nitrogens with one attached hydrogen (secondary N) is 2. The van der Waals surface area contributed by atoms with E-state index in [1.165, 1.54) is 0 Å². The summed E-state index contributed by atoms with van der Waals surface area (Å²) in [6.45, 7) is 7.88. The maximum absolute atomic E-state index is 12.4. The van der Waals surface area contributed by atoms with Crippen LogP contribution in [0.3, 0.4) is 0 Å². The molecule has 0 fully saturated rings. The van der Waals surface area contributed by atoms with Gasteiger partial charge in [0.1, 0.15) is 11.5 Å². The number of hydrogen-bond donors (Lipinski definition) is 2. The number of likely N-dealkylation sites (N-methyl/N-ethyl adjacent to an activating group) is 1. The number of benzene rings is 1. The van der Waals surface area contributed by atoms with Crippen molar-refractivity contribution in [3.63, 3.8) is 0 Å². The summed E-state index contributed by atoms with van der Waals surface area (Å²) < 4.78 is 10.8. The molecule has 0 saturated heterocycles. The second kappa shape index (κ2) is 8.37. The van der Waals surface area contributed by atoms with Gasteiger partial charge in [0, 0.05) is 12.1 Å². The first-order valence-corrected chi connectivity index (χ1v) is 8.27. The van der Waals surface area contributed by atoms with E-state index in [0.717, 1.165) is 11.1 Å². The largest absolute Gasteiger partial charge is 0.484 e. The third-order valence-corrected chi connectivity index (χ3v) is 3.84. The van der Waals surface area contributed by atoms with E-state index in [1.54, 1.807) is 19.3 Å². The van der Waals surface area contributed by atoms with Crippen LogP contribution in [0, 0.1) is 13.8 Å². The summed E-state index contributed by atoms with van der Waals surface area (Å²) in [4.78, 5) is 23.9. The van der Waals surface area contributed by atoms with Crippen LogP contribution in [0.5, 0.6) is 5.75 Å². The average Bonchev–Trinajstić information content (AvgIpc) is 2.92. The van der Waals surface area contributed by atoms with Crippen molar-refractivity contribution in [2.45, 2.75) is 33.7 Å². The molecule has 0 unspecified atom stereocenters. The SMILES string of the molecule is CCNC(=O)COc1cccc([C@H](C)NC(=O)c2c(C)coc2C)c1. The first-order valence-electron chi connectivity index (χ1n) is 8.27. The van der Waals surface area contributed by atoms with Gasteiger partial charge in [-0.25, -0.2) is 0 Å². The van der Waals surface area contributed by atoms with Crippen LogP contribution < -0.4 is 15.4 Å². The van der Waals surface area contributed by atoms with Gasteiger partial charge in [-0.05, 0) is 45.4 Å². The lowest BCUT2D eigenvalue weighted by Crippen LogP contribution is -2.28. The Morgan fingerprint density at radius 2 is 2.04 bits per heavy atom. The normalized spacial score (nSPS) is 11.7. The molecule has 2 aromatic rings. The number of amides is 2. The molecular weight excluding hydrogens is 320 g/mol. The van der Waals surface area contributed by atoms with Gasteiger partial charge in [-0.1, -0.05) is 12.1 Å². The van der Waals surface area contributed by atoms with E-state index < -0.39 is 0 Å². The van der Waals surface area contributed by atoms with Crippen molar-refractivity contribution >= 4 is 11.8 Å². The van der Waals surface area contributed by atoms with Gasteiger partial charge in [-0.3, -0.25) is 9.59 Å². The molecule has 0 bridgehead atoms. The van der Waals surface area contributed by atoms with E-state index in [2.05, 4.69) is 10.6 Å². The van der Waals surface area contributed by atoms with E-state index in [1.807, 2.05) is 39.0 Å². The predicted octanol–water partition coefficient (Wildman–Crippen LogP) is 2.90. The first-order chi connectivity index (χ1) is 11.9. The molecule has 2 rings (SSSR count). The van der Waals surface area contributed by atoms with Crippen LogP contribution >= 0.6 is 0 Å². The fourth-order valence-electron chi connectivity index (χ4n) is 2.53. The molecule has 0 aliphatic heterocycles. The highest BCUT2D eigenvalue weighted by molar-refractivity contribution is 5.96. The number of carbonyl (C=O) groups is 2. The molecule has 0 aliphatic carbocycles. The van der Waals surface area contributed by atoms with E-state index in [-0.39, 0.29) is 24.5 Å². The molecule has 6 heteroatoms. The number of furan rings is 1. The smallest absolute Gasteiger partial charge is 0.257 e. The minimum Gasteiger partial charge on any atom is -0.484 e. The van der Waals surface area contributed by atoms with E-state index in [9.17, 15) is 9.59 Å². The van der Waals surface area contributed by atoms with Crippen LogP contribution in [-0.4, -0.2) is 25.0 Å². The minimum absolute atomic E-state index is 0.0363. The lowest BCUT2D eigenvalue weighted by molar-refractivity contribution is -0.122. The Morgan fingerprint density at radius 1 is 1.28 bits per heavy atom. The molecule has 134 valence electrons. The Morgan fingerprint density at radius 3 is 2.68 bits per heavy atom. The lowest BCUT2D eigenvalue weighted by Gasteiger charge is -2.16. The Balaban J connectivity index is 2.02. The maximum Gasteiger partial charge on any atom is 0.257 e. The summed E-state index contributed by atoms with van der Waals surface area (Å²) >= 11 is 0. The van der Waals surface area contributed by atoms with Crippen molar-refractivity contribution in [1.29, 1.82) is 0 Å². The van der Waals surface area contributed by atoms with Crippen LogP contribution in [0.1, 0.15) is 47.1 Å². The molecule has 25 heavy (non-hydrogen) atoms. The molecular formula is C19H24N2O4. The van der Waals surface area contributed by atoms with Gasteiger partial charge < -0.3 is 19.8 Å². The number of carbonyl (C=O) groups excluding carboxylic acids is 2. The standard InChI is InChI=1S/C19H24N2O4/c1-5-20-17(22)11-25-16-8-6-7-15(9-16)13(3)21-19(23)18-12(2)10-24-14(18)4/h6-10,13H,5,11H2,1-4H3,(H,20,22)(H,21,23)/t13-/m0/s1. The molecule has 1 aromatic heterocycles. The van der Waals surface area contributed by atoms with E-state index >= 15 is 0 Å². The Labute approximate surface area is 147 Å². The molecule has 1 heterocycles. The van der Waals surface area contributed by atoms with Gasteiger partial charge in [0.15, 0.2) is 6.61 Å². The zero-order valence-corrected chi connectivity index (χ0v) is 15.0. The van der Waals surface area contributed by atoms with E-state index in [0.29, 0.717) is 23.6 Å². The highest BCUT2D eigenvalue weighted by Gasteiger charge is 2.18. The lowest BCUT2D eigenvalue weighted by atomic mass is 10.1. The Bertz CT molecular complexity index is 732. The number of ether oxygens (including phenoxy) is 1. The molecule has 2 amide bonds. The van der Waals surface area contributed by atoms with Crippen molar-refractivity contribution < 1.29 is 18.7 Å². The summed E-state index contributed by atoms with van der Waals surface area (Å²) in [7, 11) is 0. The van der Waals surface area contributed by atoms with Crippen molar-refractivity contribution in [2.75, 3.05) is 13.2 Å². The molecule has 0 radical (unpaired) electrons. The monoisotopic (exact) mass is 344 g/mol. The number of rotatable bonds is 7. The molecule has 1 aromatic carbocycles. The van der Waals surface area contributed by atoms with Crippen LogP contribution in [0.4, 0.5) is 0 Å². The molecule has 0 saturated carbocycles. The molecule has 6 nitrogen and oxygen atoms in total. The predicted molar refractivity (Wildman–Crippen MR) is 94.7 cm³/mol. The third-order valence-electron chi connectivity index (χ3n) is 3.84. The number of hydrogen-bond acceptors (Lipinski definition) is 4. The summed E-state index contributed by atoms with van der Waals surface area (Å²) in [6, 6.07) is 7.12. The Kier molecular flexibility index (Phi) is 6.22. The summed E-state index contributed by atoms with van der Waals surface area (Å²) in [5, 5.41) is 5.63. The first kappa shape index (κ1) is 18.6. The third kappa shape index (κ3) is 4.86. The summed E-state index contributed by atoms with van der Waals surface area (Å²) in [5.41, 5.74) is 2.26. The highest BCUT2D eigenvalue weighted by atomic mass is 16.5. The molecule has 1 atom stereocenters. The fraction of sp³-hybridized carbons (Fsp3) is 0.368. The van der Waals surface area contributed by atoms with Gasteiger partial charge in [0.2, 0.25) is 0 Å². The summed E-state index contributed by atoms with van der Waals surface area (Å²) in [6.07, 6.45) is 1.57. The van der Waals surface area contributed by atoms with Crippen LogP contribution in [0.25, 0.3) is 0 Å². The maximum atomic E-state index is 12.4. The van der Waals surface area contributed by atoms with Gasteiger partial charge in [-0.2, -0.15) is 0 Å². The zero-order valence-electron chi connectivity index (χ0n) is 15.0. The van der Waals surface area contributed by atoms with Crippen molar-refractivity contribution in [3.05, 3.63) is 53.0 Å². The van der Waals surface area contributed by atoms with Crippen LogP contribution in [0.15, 0.2) is 34.9 Å². The van der Waals surface area contributed by atoms with Crippen LogP contribution in [-0.2, 0) is 4.79 Å². The van der Waals surface area contributed by atoms with Gasteiger partial charge in [0.25, 0.3) is 11.8 Å². The fourth-order valence-corrected chi connectivity index (χ4v) is 2.53. The zero-order chi connectivity index (χ0) is 18.4. The number of aryl methyl sites for hydroxylation is 2. The quantitative estimate of drug-likeness (QED) is 0.809. The minimum atomic E-state index is -0.214. The Hall–Kier alpha value is -2.76. The molecule has 0 aliphatic rings. The second-order valence-electron chi connectivity index (χ2n) is 5.86. The second-order valence-corrected chi connectivity index (χ2v) is 5.86. The average molecular weight is 344 g/mol. The summed E-state index contributed by atoms with van der Waals surface area (Å²) in [5.74, 6) is 0.840. The van der Waals surface area contributed by atoms with Crippen molar-refractivity contribution in [1.82, 2.24) is 10.6 Å². The van der Waals surface area contributed by atoms with Gasteiger partial charge in [0.05, 0.1) is 17.9 Å². The van der Waals surface area contributed by atoms with E-state index in [4.69, 9.17) is 9.15 Å². The van der Waals surface area contributed by atoms with Crippen molar-refractivity contribution in [3.8, 4) is 5.75 Å². The van der Waals surface area contributed by atoms with Crippen LogP contribution in [0.2, 0.25) is 0 Å². The topological polar surface area (TPSA) is 80.6 Å². The molecule has 2 N–H and O–H groups in total. The van der Waals surface area contributed by atoms with Crippen molar-refractivity contribution in [2.24, 2.45) is 0 Å². The highest BCUT2D eigenvalue weighted by Crippen LogP contribution is 2.21. The van der Waals surface area contributed by atoms with Gasteiger partial charge in [-0.15, -0.1) is 0 Å². The van der Waals surface area contributed by atoms with Gasteiger partial charge >= 0.3 is 0 Å².